The second-order valence-corrected chi connectivity index (χ2v) is 5.78. The van der Waals surface area contributed by atoms with Gasteiger partial charge in [0.15, 0.2) is 11.5 Å². The van der Waals surface area contributed by atoms with Crippen LogP contribution in [0, 0.1) is 11.3 Å². The predicted octanol–water partition coefficient (Wildman–Crippen LogP) is 1.18. The highest BCUT2D eigenvalue weighted by molar-refractivity contribution is 5.98. The first-order valence-electron chi connectivity index (χ1n) is 8.72. The lowest BCUT2D eigenvalue weighted by molar-refractivity contribution is -0.306. The van der Waals surface area contributed by atoms with Crippen molar-refractivity contribution in [3.63, 3.8) is 0 Å². The molecule has 0 N–H and O–H groups in total. The van der Waals surface area contributed by atoms with Gasteiger partial charge in [-0.05, 0) is 31.2 Å². The van der Waals surface area contributed by atoms with Gasteiger partial charge in [-0.3, -0.25) is 4.68 Å². The van der Waals surface area contributed by atoms with Crippen molar-refractivity contribution in [2.45, 2.75) is 19.9 Å². The summed E-state index contributed by atoms with van der Waals surface area (Å²) < 4.78 is 16.8. The van der Waals surface area contributed by atoms with Gasteiger partial charge in [0.2, 0.25) is 0 Å². The molecule has 1 aromatic heterocycles. The lowest BCUT2D eigenvalue weighted by Crippen LogP contribution is -2.23. The maximum absolute atomic E-state index is 12.0. The van der Waals surface area contributed by atoms with Crippen molar-refractivity contribution in [2.24, 2.45) is 0 Å². The Morgan fingerprint density at radius 1 is 1.28 bits per heavy atom. The Labute approximate surface area is 167 Å². The molecule has 0 unspecified atom stereocenters. The second-order valence-electron chi connectivity index (χ2n) is 5.78. The van der Waals surface area contributed by atoms with E-state index in [1.54, 1.807) is 31.3 Å². The molecule has 0 bridgehead atoms. The predicted molar refractivity (Wildman–Crippen MR) is 101 cm³/mol. The van der Waals surface area contributed by atoms with Gasteiger partial charge in [-0.1, -0.05) is 0 Å². The van der Waals surface area contributed by atoms with Crippen molar-refractivity contribution in [1.82, 2.24) is 9.78 Å². The number of carbonyl (C=O) groups excluding carboxylic acids is 2. The van der Waals surface area contributed by atoms with Crippen LogP contribution in [0.2, 0.25) is 0 Å². The first-order valence-corrected chi connectivity index (χ1v) is 8.72. The van der Waals surface area contributed by atoms with Crippen molar-refractivity contribution in [2.75, 3.05) is 20.8 Å². The number of methoxy groups -OCH3 is 2. The summed E-state index contributed by atoms with van der Waals surface area (Å²) in [7, 11) is 3.01. The van der Waals surface area contributed by atoms with Gasteiger partial charge < -0.3 is 24.1 Å². The third-order valence-electron chi connectivity index (χ3n) is 3.91. The molecule has 152 valence electrons. The highest BCUT2D eigenvalue weighted by Gasteiger charge is 2.16. The van der Waals surface area contributed by atoms with Gasteiger partial charge >= 0.3 is 5.97 Å². The highest BCUT2D eigenvalue weighted by Crippen LogP contribution is 2.33. The molecule has 29 heavy (non-hydrogen) atoms. The van der Waals surface area contributed by atoms with Gasteiger partial charge in [0.05, 0.1) is 26.5 Å². The van der Waals surface area contributed by atoms with E-state index in [1.807, 2.05) is 6.07 Å². The van der Waals surface area contributed by atoms with E-state index in [2.05, 4.69) is 5.10 Å². The SMILES string of the molecule is CCOC(=O)C(C#N)=Cc1cn(CCC(=O)[O-])nc1-c1ccc(OC)c(OC)c1. The number of hydrogen-bond donors (Lipinski definition) is 0. The van der Waals surface area contributed by atoms with E-state index < -0.39 is 11.9 Å². The minimum atomic E-state index is -1.21. The number of carbonyl (C=O) groups is 2. The summed E-state index contributed by atoms with van der Waals surface area (Å²) >= 11 is 0. The van der Waals surface area contributed by atoms with Gasteiger partial charge in [0.1, 0.15) is 11.6 Å². The first-order chi connectivity index (χ1) is 13.9. The number of aliphatic carboxylic acids is 1. The molecule has 0 saturated carbocycles. The number of nitriles is 1. The van der Waals surface area contributed by atoms with Crippen LogP contribution in [0.15, 0.2) is 30.0 Å². The molecule has 1 aromatic carbocycles. The maximum Gasteiger partial charge on any atom is 0.348 e. The number of carboxylic acid groups (broad SMARTS) is 1. The fourth-order valence-corrected chi connectivity index (χ4v) is 2.57. The Morgan fingerprint density at radius 3 is 2.59 bits per heavy atom. The van der Waals surface area contributed by atoms with Crippen LogP contribution in [-0.4, -0.2) is 42.5 Å². The monoisotopic (exact) mass is 398 g/mol. The summed E-state index contributed by atoms with van der Waals surface area (Å²) in [5.41, 5.74) is 1.30. The number of ether oxygens (including phenoxy) is 3. The Morgan fingerprint density at radius 2 is 2.00 bits per heavy atom. The van der Waals surface area contributed by atoms with Crippen LogP contribution >= 0.6 is 0 Å². The summed E-state index contributed by atoms with van der Waals surface area (Å²) in [6, 6.07) is 6.94. The van der Waals surface area contributed by atoms with Gasteiger partial charge in [0.25, 0.3) is 0 Å². The summed E-state index contributed by atoms with van der Waals surface area (Å²) in [5, 5.41) is 24.5. The number of hydrogen-bond acceptors (Lipinski definition) is 8. The summed E-state index contributed by atoms with van der Waals surface area (Å²) in [5.74, 6) is -0.977. The topological polar surface area (TPSA) is 127 Å². The third-order valence-corrected chi connectivity index (χ3v) is 3.91. The molecule has 9 nitrogen and oxygen atoms in total. The van der Waals surface area contributed by atoms with E-state index in [1.165, 1.54) is 25.0 Å². The number of aryl methyl sites for hydroxylation is 1. The summed E-state index contributed by atoms with van der Waals surface area (Å²) in [6.45, 7) is 1.84. The Kier molecular flexibility index (Phi) is 7.37. The van der Waals surface area contributed by atoms with E-state index in [9.17, 15) is 20.0 Å². The molecule has 0 amide bonds. The first kappa shape index (κ1) is 21.5. The molecule has 0 fully saturated rings. The van der Waals surface area contributed by atoms with Crippen LogP contribution in [0.1, 0.15) is 18.9 Å². The summed E-state index contributed by atoms with van der Waals surface area (Å²) in [4.78, 5) is 22.7. The Hall–Kier alpha value is -3.80. The Balaban J connectivity index is 2.56. The van der Waals surface area contributed by atoms with E-state index in [0.717, 1.165) is 0 Å². The molecule has 0 aliphatic heterocycles. The smallest absolute Gasteiger partial charge is 0.348 e. The number of esters is 1. The van der Waals surface area contributed by atoms with Crippen LogP contribution in [0.4, 0.5) is 0 Å². The van der Waals surface area contributed by atoms with Gasteiger partial charge in [0, 0.05) is 36.3 Å². The minimum absolute atomic E-state index is 0.0672. The van der Waals surface area contributed by atoms with Gasteiger partial charge in [-0.15, -0.1) is 0 Å². The molecule has 0 radical (unpaired) electrons. The zero-order chi connectivity index (χ0) is 21.4. The van der Waals surface area contributed by atoms with Crippen LogP contribution in [0.3, 0.4) is 0 Å². The van der Waals surface area contributed by atoms with Crippen molar-refractivity contribution in [1.29, 1.82) is 5.26 Å². The number of benzene rings is 1. The average molecular weight is 398 g/mol. The molecule has 9 heteroatoms. The minimum Gasteiger partial charge on any atom is -0.550 e. The van der Waals surface area contributed by atoms with Crippen molar-refractivity contribution in [3.05, 3.63) is 35.5 Å². The molecule has 2 rings (SSSR count). The van der Waals surface area contributed by atoms with E-state index >= 15 is 0 Å². The van der Waals surface area contributed by atoms with Crippen molar-refractivity contribution >= 4 is 18.0 Å². The molecule has 0 saturated heterocycles. The van der Waals surface area contributed by atoms with E-state index in [4.69, 9.17) is 14.2 Å². The average Bonchev–Trinajstić information content (AvgIpc) is 3.12. The second kappa shape index (κ2) is 9.94. The van der Waals surface area contributed by atoms with Crippen molar-refractivity contribution in [3.8, 4) is 28.8 Å². The molecule has 0 atom stereocenters. The molecule has 0 spiro atoms. The molecular weight excluding hydrogens is 378 g/mol. The van der Waals surface area contributed by atoms with E-state index in [-0.39, 0.29) is 25.1 Å². The molecular formula is C20H20N3O6-. The number of rotatable bonds is 9. The summed E-state index contributed by atoms with van der Waals surface area (Å²) in [6.07, 6.45) is 2.66. The fraction of sp³-hybridized carbons (Fsp3) is 0.300. The fourth-order valence-electron chi connectivity index (χ4n) is 2.57. The number of nitrogens with zero attached hydrogens (tertiary/aromatic N) is 3. The van der Waals surface area contributed by atoms with Crippen LogP contribution < -0.4 is 14.6 Å². The number of carboxylic acids is 1. The van der Waals surface area contributed by atoms with Crippen LogP contribution in [0.5, 0.6) is 11.5 Å². The maximum atomic E-state index is 12.0. The quantitative estimate of drug-likeness (QED) is 0.350. The lowest BCUT2D eigenvalue weighted by Gasteiger charge is -2.09. The molecule has 0 aliphatic rings. The molecule has 2 aromatic rings. The van der Waals surface area contributed by atoms with Gasteiger partial charge in [-0.2, -0.15) is 10.4 Å². The van der Waals surface area contributed by atoms with E-state index in [0.29, 0.717) is 28.3 Å². The highest BCUT2D eigenvalue weighted by atomic mass is 16.5. The molecule has 1 heterocycles. The Bertz CT molecular complexity index is 971. The van der Waals surface area contributed by atoms with Crippen LogP contribution in [-0.2, 0) is 20.9 Å². The normalized spacial score (nSPS) is 10.9. The zero-order valence-corrected chi connectivity index (χ0v) is 16.3. The lowest BCUT2D eigenvalue weighted by atomic mass is 10.1. The van der Waals surface area contributed by atoms with Crippen molar-refractivity contribution < 1.29 is 28.9 Å². The third kappa shape index (κ3) is 5.35. The van der Waals surface area contributed by atoms with Gasteiger partial charge in [-0.25, -0.2) is 4.79 Å². The standard InChI is InChI=1S/C20H21N3O6/c1-4-29-20(26)14(11-21)9-15-12-23(8-7-18(24)25)22-19(15)13-5-6-16(27-2)17(10-13)28-3/h5-6,9-10,12H,4,7-8H2,1-3H3,(H,24,25)/p-1. The molecule has 0 aliphatic carbocycles. The number of aromatic nitrogens is 2. The largest absolute Gasteiger partial charge is 0.550 e. The van der Waals surface area contributed by atoms with Crippen LogP contribution in [0.25, 0.3) is 17.3 Å². The zero-order valence-electron chi connectivity index (χ0n) is 16.3.